The number of hydrogen-bond acceptors (Lipinski definition) is 2. The number of hydrogen-bond donors (Lipinski definition) is 1. The predicted molar refractivity (Wildman–Crippen MR) is 60.5 cm³/mol. The average molecular weight is 196 g/mol. The number of likely N-dealkylation sites (N-methyl/N-ethyl adjacent to an activating group) is 1. The summed E-state index contributed by atoms with van der Waals surface area (Å²) in [6, 6.07) is 1.75. The van der Waals surface area contributed by atoms with Crippen LogP contribution in [0.4, 0.5) is 0 Å². The molecule has 2 heteroatoms. The molecule has 1 heterocycles. The molecule has 2 aliphatic rings. The number of rotatable bonds is 3. The zero-order valence-electron chi connectivity index (χ0n) is 9.63. The first-order chi connectivity index (χ1) is 6.81. The predicted octanol–water partition coefficient (Wildman–Crippen LogP) is 1.86. The molecule has 14 heavy (non-hydrogen) atoms. The number of likely N-dealkylation sites (tertiary alicyclic amines) is 1. The molecule has 1 N–H and O–H groups in total. The van der Waals surface area contributed by atoms with Gasteiger partial charge in [0, 0.05) is 18.6 Å². The highest BCUT2D eigenvalue weighted by Gasteiger charge is 2.35. The monoisotopic (exact) mass is 196 g/mol. The average Bonchev–Trinajstić information content (AvgIpc) is 2.15. The molecule has 1 saturated carbocycles. The Morgan fingerprint density at radius 3 is 2.71 bits per heavy atom. The van der Waals surface area contributed by atoms with Gasteiger partial charge in [0.2, 0.25) is 0 Å². The van der Waals surface area contributed by atoms with Crippen molar-refractivity contribution < 1.29 is 0 Å². The van der Waals surface area contributed by atoms with Crippen LogP contribution in [-0.2, 0) is 0 Å². The highest BCUT2D eigenvalue weighted by molar-refractivity contribution is 4.90. The number of piperidine rings is 1. The Balaban J connectivity index is 1.86. The van der Waals surface area contributed by atoms with Gasteiger partial charge in [0.15, 0.2) is 0 Å². The van der Waals surface area contributed by atoms with E-state index in [9.17, 15) is 0 Å². The van der Waals surface area contributed by atoms with Gasteiger partial charge < -0.3 is 5.32 Å². The standard InChI is InChI=1S/C12H24N2/c1-10-7-12(8-10)14-6-4-3-5-11(14)9-13-2/h10-13H,3-9H2,1-2H3. The van der Waals surface area contributed by atoms with Crippen molar-refractivity contribution in [3.63, 3.8) is 0 Å². The van der Waals surface area contributed by atoms with Crippen molar-refractivity contribution in [1.29, 1.82) is 0 Å². The molecule has 2 fully saturated rings. The van der Waals surface area contributed by atoms with Crippen molar-refractivity contribution in [3.8, 4) is 0 Å². The summed E-state index contributed by atoms with van der Waals surface area (Å²) in [5.74, 6) is 0.983. The molecule has 1 unspecified atom stereocenters. The van der Waals surface area contributed by atoms with E-state index in [0.29, 0.717) is 0 Å². The molecule has 1 saturated heterocycles. The van der Waals surface area contributed by atoms with Gasteiger partial charge in [-0.2, -0.15) is 0 Å². The molecule has 1 atom stereocenters. The molecule has 1 aliphatic carbocycles. The molecule has 0 aromatic carbocycles. The van der Waals surface area contributed by atoms with Crippen LogP contribution in [0.3, 0.4) is 0 Å². The van der Waals surface area contributed by atoms with Gasteiger partial charge in [-0.1, -0.05) is 13.3 Å². The lowest BCUT2D eigenvalue weighted by atomic mass is 9.79. The van der Waals surface area contributed by atoms with E-state index >= 15 is 0 Å². The van der Waals surface area contributed by atoms with E-state index < -0.39 is 0 Å². The molecule has 82 valence electrons. The summed E-state index contributed by atoms with van der Waals surface area (Å²) in [4.78, 5) is 2.78. The van der Waals surface area contributed by atoms with E-state index in [0.717, 1.165) is 18.0 Å². The van der Waals surface area contributed by atoms with Crippen molar-refractivity contribution in [2.45, 2.75) is 51.1 Å². The Morgan fingerprint density at radius 2 is 2.07 bits per heavy atom. The van der Waals surface area contributed by atoms with E-state index in [1.807, 2.05) is 0 Å². The van der Waals surface area contributed by atoms with Gasteiger partial charge >= 0.3 is 0 Å². The summed E-state index contributed by atoms with van der Waals surface area (Å²) in [5.41, 5.74) is 0. The third kappa shape index (κ3) is 2.12. The molecule has 0 aromatic rings. The van der Waals surface area contributed by atoms with E-state index in [2.05, 4.69) is 24.2 Å². The number of nitrogens with zero attached hydrogens (tertiary/aromatic N) is 1. The van der Waals surface area contributed by atoms with E-state index in [1.165, 1.54) is 45.2 Å². The molecule has 0 spiro atoms. The smallest absolute Gasteiger partial charge is 0.0223 e. The Labute approximate surface area is 88.1 Å². The second kappa shape index (κ2) is 4.63. The SMILES string of the molecule is CNCC1CCCCN1C1CC(C)C1. The van der Waals surface area contributed by atoms with Gasteiger partial charge in [0.05, 0.1) is 0 Å². The van der Waals surface area contributed by atoms with E-state index in [1.54, 1.807) is 0 Å². The topological polar surface area (TPSA) is 15.3 Å². The van der Waals surface area contributed by atoms with E-state index in [4.69, 9.17) is 0 Å². The van der Waals surface area contributed by atoms with Crippen LogP contribution in [-0.4, -0.2) is 37.1 Å². The number of nitrogens with one attached hydrogen (secondary N) is 1. The molecule has 1 aliphatic heterocycles. The maximum Gasteiger partial charge on any atom is 0.0223 e. The van der Waals surface area contributed by atoms with Crippen LogP contribution < -0.4 is 5.32 Å². The van der Waals surface area contributed by atoms with Crippen LogP contribution in [0.2, 0.25) is 0 Å². The summed E-state index contributed by atoms with van der Waals surface area (Å²) in [6.45, 7) is 4.92. The quantitative estimate of drug-likeness (QED) is 0.741. The second-order valence-corrected chi connectivity index (χ2v) is 5.18. The van der Waals surface area contributed by atoms with Crippen LogP contribution >= 0.6 is 0 Å². The molecule has 0 aromatic heterocycles. The van der Waals surface area contributed by atoms with Crippen LogP contribution in [0.15, 0.2) is 0 Å². The summed E-state index contributed by atoms with van der Waals surface area (Å²) >= 11 is 0. The first-order valence-electron chi connectivity index (χ1n) is 6.21. The Bertz CT molecular complexity index is 173. The lowest BCUT2D eigenvalue weighted by Gasteiger charge is -2.47. The van der Waals surface area contributed by atoms with Gasteiger partial charge in [-0.15, -0.1) is 0 Å². The van der Waals surface area contributed by atoms with Gasteiger partial charge in [-0.3, -0.25) is 4.90 Å². The summed E-state index contributed by atoms with van der Waals surface area (Å²) in [7, 11) is 2.08. The zero-order chi connectivity index (χ0) is 9.97. The van der Waals surface area contributed by atoms with Crippen molar-refractivity contribution in [3.05, 3.63) is 0 Å². The van der Waals surface area contributed by atoms with Crippen molar-refractivity contribution in [1.82, 2.24) is 10.2 Å². The van der Waals surface area contributed by atoms with Crippen LogP contribution in [0, 0.1) is 5.92 Å². The summed E-state index contributed by atoms with van der Waals surface area (Å²) in [6.07, 6.45) is 7.16. The van der Waals surface area contributed by atoms with Gasteiger partial charge in [0.25, 0.3) is 0 Å². The van der Waals surface area contributed by atoms with Gasteiger partial charge in [0.1, 0.15) is 0 Å². The Kier molecular flexibility index (Phi) is 3.45. The first-order valence-corrected chi connectivity index (χ1v) is 6.21. The van der Waals surface area contributed by atoms with Crippen molar-refractivity contribution >= 4 is 0 Å². The third-order valence-corrected chi connectivity index (χ3v) is 3.93. The Morgan fingerprint density at radius 1 is 1.29 bits per heavy atom. The normalized spacial score (nSPS) is 39.4. The fourth-order valence-electron chi connectivity index (χ4n) is 3.09. The zero-order valence-corrected chi connectivity index (χ0v) is 9.63. The fraction of sp³-hybridized carbons (Fsp3) is 1.00. The minimum atomic E-state index is 0.825. The maximum absolute atomic E-state index is 3.34. The van der Waals surface area contributed by atoms with Crippen molar-refractivity contribution in [2.75, 3.05) is 20.1 Å². The molecule has 0 bridgehead atoms. The van der Waals surface area contributed by atoms with Gasteiger partial charge in [-0.05, 0) is 45.2 Å². The van der Waals surface area contributed by atoms with Crippen LogP contribution in [0.5, 0.6) is 0 Å². The van der Waals surface area contributed by atoms with E-state index in [-0.39, 0.29) is 0 Å². The first kappa shape index (κ1) is 10.4. The minimum absolute atomic E-state index is 0.825. The lowest BCUT2D eigenvalue weighted by Crippen LogP contribution is -2.54. The van der Waals surface area contributed by atoms with Crippen molar-refractivity contribution in [2.24, 2.45) is 5.92 Å². The lowest BCUT2D eigenvalue weighted by molar-refractivity contribution is 0.0266. The third-order valence-electron chi connectivity index (χ3n) is 3.93. The summed E-state index contributed by atoms with van der Waals surface area (Å²) < 4.78 is 0. The highest BCUT2D eigenvalue weighted by Crippen LogP contribution is 2.34. The van der Waals surface area contributed by atoms with Gasteiger partial charge in [-0.25, -0.2) is 0 Å². The Hall–Kier alpha value is -0.0800. The summed E-state index contributed by atoms with van der Waals surface area (Å²) in [5, 5.41) is 3.34. The molecule has 2 nitrogen and oxygen atoms in total. The fourth-order valence-corrected chi connectivity index (χ4v) is 3.09. The molecular weight excluding hydrogens is 172 g/mol. The minimum Gasteiger partial charge on any atom is -0.318 e. The molecular formula is C12H24N2. The largest absolute Gasteiger partial charge is 0.318 e. The molecule has 2 rings (SSSR count). The highest BCUT2D eigenvalue weighted by atomic mass is 15.2. The van der Waals surface area contributed by atoms with Crippen LogP contribution in [0.1, 0.15) is 39.0 Å². The second-order valence-electron chi connectivity index (χ2n) is 5.18. The molecule has 0 amide bonds. The molecule has 0 radical (unpaired) electrons. The van der Waals surface area contributed by atoms with Crippen LogP contribution in [0.25, 0.3) is 0 Å². The maximum atomic E-state index is 3.34.